The Hall–Kier alpha value is -2.98. The van der Waals surface area contributed by atoms with Crippen LogP contribution in [0.3, 0.4) is 0 Å². The number of aliphatic imine (C=N–C) groups is 1. The lowest BCUT2D eigenvalue weighted by atomic mass is 9.83. The zero-order chi connectivity index (χ0) is 19.7. The molecule has 2 aliphatic rings. The molecule has 1 atom stereocenters. The molecule has 0 amide bonds. The van der Waals surface area contributed by atoms with E-state index in [2.05, 4.69) is 29.6 Å². The summed E-state index contributed by atoms with van der Waals surface area (Å²) in [6.07, 6.45) is 1.68. The second-order valence-electron chi connectivity index (χ2n) is 7.71. The van der Waals surface area contributed by atoms with E-state index in [1.807, 2.05) is 36.4 Å². The number of benzene rings is 3. The van der Waals surface area contributed by atoms with Crippen LogP contribution < -0.4 is 10.1 Å². The first-order chi connectivity index (χ1) is 14.3. The van der Waals surface area contributed by atoms with Gasteiger partial charge in [-0.25, -0.2) is 4.39 Å². The summed E-state index contributed by atoms with van der Waals surface area (Å²) in [5.41, 5.74) is 3.42. The Kier molecular flexibility index (Phi) is 4.64. The minimum Gasteiger partial charge on any atom is -0.484 e. The highest BCUT2D eigenvalue weighted by Gasteiger charge is 2.49. The molecular weight excluding hydrogens is 363 g/mol. The van der Waals surface area contributed by atoms with Crippen LogP contribution in [0.5, 0.6) is 5.75 Å². The van der Waals surface area contributed by atoms with E-state index < -0.39 is 5.60 Å². The third-order valence-electron chi connectivity index (χ3n) is 5.88. The summed E-state index contributed by atoms with van der Waals surface area (Å²) in [5, 5.41) is 3.41. The van der Waals surface area contributed by atoms with Crippen LogP contribution in [0.2, 0.25) is 0 Å². The van der Waals surface area contributed by atoms with Crippen LogP contribution in [-0.4, -0.2) is 24.4 Å². The van der Waals surface area contributed by atoms with Crippen molar-refractivity contribution in [3.8, 4) is 5.75 Å². The fourth-order valence-corrected chi connectivity index (χ4v) is 4.43. The van der Waals surface area contributed by atoms with Crippen molar-refractivity contribution in [2.24, 2.45) is 4.99 Å². The second-order valence-corrected chi connectivity index (χ2v) is 7.71. The molecule has 2 aliphatic heterocycles. The van der Waals surface area contributed by atoms with Crippen LogP contribution in [0.15, 0.2) is 83.9 Å². The van der Waals surface area contributed by atoms with Gasteiger partial charge < -0.3 is 10.1 Å². The fourth-order valence-electron chi connectivity index (χ4n) is 4.43. The van der Waals surface area contributed by atoms with E-state index in [4.69, 9.17) is 9.73 Å². The third-order valence-corrected chi connectivity index (χ3v) is 5.88. The van der Waals surface area contributed by atoms with Gasteiger partial charge in [-0.3, -0.25) is 4.99 Å². The molecule has 29 heavy (non-hydrogen) atoms. The number of nitrogens with zero attached hydrogens (tertiary/aromatic N) is 1. The van der Waals surface area contributed by atoms with E-state index in [9.17, 15) is 4.39 Å². The predicted octanol–water partition coefficient (Wildman–Crippen LogP) is 4.92. The van der Waals surface area contributed by atoms with E-state index in [0.29, 0.717) is 0 Å². The number of nitrogens with one attached hydrogen (secondary N) is 1. The molecule has 1 unspecified atom stereocenters. The number of piperidine rings is 1. The summed E-state index contributed by atoms with van der Waals surface area (Å²) in [5.74, 6) is 0.502. The van der Waals surface area contributed by atoms with Crippen molar-refractivity contribution in [3.05, 3.63) is 101 Å². The maximum Gasteiger partial charge on any atom is 0.138 e. The van der Waals surface area contributed by atoms with Crippen molar-refractivity contribution in [2.75, 3.05) is 13.1 Å². The molecule has 1 spiro atoms. The molecule has 0 aliphatic carbocycles. The Balaban J connectivity index is 1.69. The molecule has 1 fully saturated rings. The Labute approximate surface area is 170 Å². The third kappa shape index (κ3) is 3.34. The van der Waals surface area contributed by atoms with Crippen molar-refractivity contribution in [1.82, 2.24) is 5.32 Å². The van der Waals surface area contributed by atoms with Crippen molar-refractivity contribution >= 4 is 5.71 Å². The highest BCUT2D eigenvalue weighted by atomic mass is 19.1. The summed E-state index contributed by atoms with van der Waals surface area (Å²) in [6.45, 7) is 1.74. The average Bonchev–Trinajstić information content (AvgIpc) is 3.05. The van der Waals surface area contributed by atoms with Gasteiger partial charge in [0, 0.05) is 29.5 Å². The minimum absolute atomic E-state index is 0.245. The van der Waals surface area contributed by atoms with E-state index in [1.165, 1.54) is 6.07 Å². The molecule has 146 valence electrons. The van der Waals surface area contributed by atoms with Crippen molar-refractivity contribution < 1.29 is 9.13 Å². The summed E-state index contributed by atoms with van der Waals surface area (Å²) < 4.78 is 20.6. The van der Waals surface area contributed by atoms with Gasteiger partial charge in [0.05, 0.1) is 5.71 Å². The maximum absolute atomic E-state index is 14.2. The normalized spacial score (nSPS) is 19.4. The molecule has 5 rings (SSSR count). The summed E-state index contributed by atoms with van der Waals surface area (Å²) in [4.78, 5) is 5.27. The lowest BCUT2D eigenvalue weighted by molar-refractivity contribution is 0.0377. The number of hydrogen-bond acceptors (Lipinski definition) is 3. The number of ether oxygens (including phenoxy) is 1. The van der Waals surface area contributed by atoms with Crippen LogP contribution in [-0.2, 0) is 0 Å². The lowest BCUT2D eigenvalue weighted by Gasteiger charge is -2.36. The van der Waals surface area contributed by atoms with Gasteiger partial charge in [0.1, 0.15) is 23.2 Å². The van der Waals surface area contributed by atoms with Crippen molar-refractivity contribution in [3.63, 3.8) is 0 Å². The van der Waals surface area contributed by atoms with Crippen LogP contribution in [0.25, 0.3) is 0 Å². The van der Waals surface area contributed by atoms with Gasteiger partial charge in [-0.05, 0) is 31.3 Å². The summed E-state index contributed by atoms with van der Waals surface area (Å²) in [6, 6.07) is 24.9. The van der Waals surface area contributed by atoms with Gasteiger partial charge >= 0.3 is 0 Å². The Morgan fingerprint density at radius 3 is 2.14 bits per heavy atom. The monoisotopic (exact) mass is 386 g/mol. The zero-order valence-corrected chi connectivity index (χ0v) is 16.1. The van der Waals surface area contributed by atoms with Gasteiger partial charge in [-0.15, -0.1) is 0 Å². The lowest BCUT2D eigenvalue weighted by Crippen LogP contribution is -2.47. The van der Waals surface area contributed by atoms with Crippen LogP contribution in [0, 0.1) is 5.82 Å². The van der Waals surface area contributed by atoms with Gasteiger partial charge in [0.15, 0.2) is 0 Å². The average molecular weight is 386 g/mol. The number of hydrogen-bond donors (Lipinski definition) is 1. The fraction of sp³-hybridized carbons (Fsp3) is 0.240. The SMILES string of the molecule is Fc1ccc2c(c1)C(N=C(c1ccccc1)c1ccccc1)C1(CCNCC1)O2. The molecule has 1 saturated heterocycles. The Morgan fingerprint density at radius 2 is 1.52 bits per heavy atom. The first-order valence-electron chi connectivity index (χ1n) is 10.1. The van der Waals surface area contributed by atoms with Crippen molar-refractivity contribution in [2.45, 2.75) is 24.5 Å². The Morgan fingerprint density at radius 1 is 0.897 bits per heavy atom. The molecule has 3 nitrogen and oxygen atoms in total. The molecule has 0 aromatic heterocycles. The van der Waals surface area contributed by atoms with Gasteiger partial charge in [-0.1, -0.05) is 60.7 Å². The van der Waals surface area contributed by atoms with Gasteiger partial charge in [0.2, 0.25) is 0 Å². The summed E-state index contributed by atoms with van der Waals surface area (Å²) >= 11 is 0. The molecule has 4 heteroatoms. The highest BCUT2D eigenvalue weighted by Crippen LogP contribution is 2.50. The molecule has 3 aromatic carbocycles. The summed E-state index contributed by atoms with van der Waals surface area (Å²) in [7, 11) is 0. The largest absolute Gasteiger partial charge is 0.484 e. The van der Waals surface area contributed by atoms with E-state index >= 15 is 0 Å². The predicted molar refractivity (Wildman–Crippen MR) is 113 cm³/mol. The number of rotatable bonds is 3. The smallest absolute Gasteiger partial charge is 0.138 e. The van der Waals surface area contributed by atoms with E-state index in [0.717, 1.165) is 54.1 Å². The van der Waals surface area contributed by atoms with Crippen LogP contribution in [0.4, 0.5) is 4.39 Å². The topological polar surface area (TPSA) is 33.6 Å². The Bertz CT molecular complexity index is 986. The second kappa shape index (κ2) is 7.45. The molecule has 2 heterocycles. The molecule has 0 radical (unpaired) electrons. The molecule has 0 bridgehead atoms. The van der Waals surface area contributed by atoms with Crippen molar-refractivity contribution in [1.29, 1.82) is 0 Å². The first-order valence-corrected chi connectivity index (χ1v) is 10.1. The quantitative estimate of drug-likeness (QED) is 0.649. The number of halogens is 1. The van der Waals surface area contributed by atoms with Gasteiger partial charge in [-0.2, -0.15) is 0 Å². The minimum atomic E-state index is -0.434. The van der Waals surface area contributed by atoms with Crippen LogP contribution >= 0.6 is 0 Å². The van der Waals surface area contributed by atoms with Gasteiger partial charge in [0.25, 0.3) is 0 Å². The van der Waals surface area contributed by atoms with E-state index in [-0.39, 0.29) is 11.9 Å². The van der Waals surface area contributed by atoms with E-state index in [1.54, 1.807) is 12.1 Å². The molecule has 3 aromatic rings. The maximum atomic E-state index is 14.2. The highest BCUT2D eigenvalue weighted by molar-refractivity contribution is 6.13. The first kappa shape index (κ1) is 18.1. The molecule has 0 saturated carbocycles. The standard InChI is InChI=1S/C25H23FN2O/c26-20-11-12-22-21(17-20)24(25(29-22)13-15-27-16-14-25)28-23(18-7-3-1-4-8-18)19-9-5-2-6-10-19/h1-12,17,24,27H,13-16H2. The zero-order valence-electron chi connectivity index (χ0n) is 16.1. The van der Waals surface area contributed by atoms with Crippen LogP contribution in [0.1, 0.15) is 35.6 Å². The molecular formula is C25H23FN2O. The number of fused-ring (bicyclic) bond motifs is 1. The molecule has 1 N–H and O–H groups in total.